The summed E-state index contributed by atoms with van der Waals surface area (Å²) in [7, 11) is 3.84. The maximum atomic E-state index is 5.62. The van der Waals surface area contributed by atoms with Crippen molar-refractivity contribution in [2.24, 2.45) is 0 Å². The molecule has 3 nitrogen and oxygen atoms in total. The number of rotatable bonds is 4. The average Bonchev–Trinajstić information content (AvgIpc) is 3.02. The van der Waals surface area contributed by atoms with Gasteiger partial charge in [-0.15, -0.1) is 0 Å². The first kappa shape index (κ1) is 14.9. The van der Waals surface area contributed by atoms with Crippen molar-refractivity contribution in [3.8, 4) is 5.75 Å². The van der Waals surface area contributed by atoms with Crippen LogP contribution in [0.4, 0.5) is 5.69 Å². The van der Waals surface area contributed by atoms with Gasteiger partial charge in [0.05, 0.1) is 20.3 Å². The maximum Gasteiger partial charge on any atom is 0.118 e. The van der Waals surface area contributed by atoms with E-state index >= 15 is 0 Å². The van der Waals surface area contributed by atoms with Crippen LogP contribution in [0.5, 0.6) is 5.75 Å². The molecule has 1 aliphatic heterocycles. The first-order valence-electron chi connectivity index (χ1n) is 7.64. The number of benzene rings is 2. The molecule has 22 heavy (non-hydrogen) atoms. The second-order valence-corrected chi connectivity index (χ2v) is 5.99. The van der Waals surface area contributed by atoms with Crippen molar-refractivity contribution in [3.05, 3.63) is 58.1 Å². The lowest BCUT2D eigenvalue weighted by Gasteiger charge is -2.24. The van der Waals surface area contributed by atoms with E-state index in [0.29, 0.717) is 0 Å². The van der Waals surface area contributed by atoms with Gasteiger partial charge in [0.1, 0.15) is 5.75 Å². The molecule has 3 heteroatoms. The monoisotopic (exact) mass is 297 g/mol. The molecular formula is C19H23NO2. The van der Waals surface area contributed by atoms with Crippen LogP contribution in [0.15, 0.2) is 30.3 Å². The van der Waals surface area contributed by atoms with Gasteiger partial charge in [-0.1, -0.05) is 12.1 Å². The highest BCUT2D eigenvalue weighted by atomic mass is 16.5. The van der Waals surface area contributed by atoms with Crippen molar-refractivity contribution >= 4 is 5.69 Å². The molecule has 0 saturated heterocycles. The van der Waals surface area contributed by atoms with E-state index in [9.17, 15) is 0 Å². The molecule has 0 spiro atoms. The third kappa shape index (κ3) is 2.69. The van der Waals surface area contributed by atoms with Gasteiger partial charge in [-0.05, 0) is 59.9 Å². The molecular weight excluding hydrogens is 274 g/mol. The van der Waals surface area contributed by atoms with Crippen LogP contribution in [0.3, 0.4) is 0 Å². The van der Waals surface area contributed by atoms with Crippen molar-refractivity contribution in [2.45, 2.75) is 33.6 Å². The molecule has 0 aliphatic carbocycles. The van der Waals surface area contributed by atoms with Crippen molar-refractivity contribution in [1.82, 2.24) is 0 Å². The van der Waals surface area contributed by atoms with E-state index in [0.717, 1.165) is 25.5 Å². The SMILES string of the molecule is COc1ccc(CN(C)c2cc(C)c3c(c2C)COC3)cc1. The molecule has 1 aliphatic rings. The fraction of sp³-hybridized carbons (Fsp3) is 0.368. The molecule has 2 aromatic carbocycles. The van der Waals surface area contributed by atoms with Crippen molar-refractivity contribution in [1.29, 1.82) is 0 Å². The largest absolute Gasteiger partial charge is 0.497 e. The lowest BCUT2D eigenvalue weighted by Crippen LogP contribution is -2.18. The Morgan fingerprint density at radius 1 is 1.09 bits per heavy atom. The number of hydrogen-bond donors (Lipinski definition) is 0. The first-order valence-corrected chi connectivity index (χ1v) is 7.64. The summed E-state index contributed by atoms with van der Waals surface area (Å²) in [6.07, 6.45) is 0. The summed E-state index contributed by atoms with van der Waals surface area (Å²) in [5.41, 5.74) is 7.98. The summed E-state index contributed by atoms with van der Waals surface area (Å²) in [6, 6.07) is 10.5. The summed E-state index contributed by atoms with van der Waals surface area (Å²) in [5.74, 6) is 0.896. The smallest absolute Gasteiger partial charge is 0.118 e. The fourth-order valence-corrected chi connectivity index (χ4v) is 3.16. The Labute approximate surface area is 132 Å². The van der Waals surface area contributed by atoms with E-state index in [1.54, 1.807) is 7.11 Å². The number of nitrogens with zero attached hydrogens (tertiary/aromatic N) is 1. The minimum Gasteiger partial charge on any atom is -0.497 e. The zero-order chi connectivity index (χ0) is 15.7. The van der Waals surface area contributed by atoms with Gasteiger partial charge in [0.25, 0.3) is 0 Å². The van der Waals surface area contributed by atoms with E-state index in [-0.39, 0.29) is 0 Å². The molecule has 0 bridgehead atoms. The number of fused-ring (bicyclic) bond motifs is 1. The number of hydrogen-bond acceptors (Lipinski definition) is 3. The minimum atomic E-state index is 0.742. The lowest BCUT2D eigenvalue weighted by atomic mass is 9.97. The van der Waals surface area contributed by atoms with Crippen LogP contribution in [-0.2, 0) is 24.5 Å². The van der Waals surface area contributed by atoms with Crippen LogP contribution >= 0.6 is 0 Å². The maximum absolute atomic E-state index is 5.62. The topological polar surface area (TPSA) is 21.7 Å². The summed E-state index contributed by atoms with van der Waals surface area (Å²) >= 11 is 0. The Balaban J connectivity index is 1.85. The summed E-state index contributed by atoms with van der Waals surface area (Å²) in [5, 5.41) is 0. The number of anilines is 1. The second-order valence-electron chi connectivity index (χ2n) is 5.99. The molecule has 2 aromatic rings. The van der Waals surface area contributed by atoms with Crippen molar-refractivity contribution in [3.63, 3.8) is 0 Å². The first-order chi connectivity index (χ1) is 10.6. The molecule has 0 saturated carbocycles. The van der Waals surface area contributed by atoms with Crippen LogP contribution < -0.4 is 9.64 Å². The molecule has 0 N–H and O–H groups in total. The van der Waals surface area contributed by atoms with E-state index in [1.165, 1.54) is 33.5 Å². The summed E-state index contributed by atoms with van der Waals surface area (Å²) in [6.45, 7) is 6.76. The van der Waals surface area contributed by atoms with Gasteiger partial charge in [-0.25, -0.2) is 0 Å². The standard InChI is InChI=1S/C19H23NO2/c1-13-9-19(14(2)18-12-22-11-17(13)18)20(3)10-15-5-7-16(21-4)8-6-15/h5-9H,10-12H2,1-4H3. The lowest BCUT2D eigenvalue weighted by molar-refractivity contribution is 0.134. The van der Waals surface area contributed by atoms with E-state index in [4.69, 9.17) is 9.47 Å². The van der Waals surface area contributed by atoms with Crippen LogP contribution in [0.1, 0.15) is 27.8 Å². The van der Waals surface area contributed by atoms with E-state index < -0.39 is 0 Å². The molecule has 0 amide bonds. The predicted octanol–water partition coefficient (Wildman–Crippen LogP) is 3.98. The van der Waals surface area contributed by atoms with Crippen LogP contribution in [0, 0.1) is 13.8 Å². The number of ether oxygens (including phenoxy) is 2. The number of aryl methyl sites for hydroxylation is 1. The van der Waals surface area contributed by atoms with E-state index in [2.05, 4.69) is 44.0 Å². The second kappa shape index (κ2) is 6.01. The Kier molecular flexibility index (Phi) is 4.08. The van der Waals surface area contributed by atoms with Crippen molar-refractivity contribution in [2.75, 3.05) is 19.1 Å². The zero-order valence-electron chi connectivity index (χ0n) is 13.8. The van der Waals surface area contributed by atoms with Gasteiger partial charge in [-0.2, -0.15) is 0 Å². The van der Waals surface area contributed by atoms with Crippen LogP contribution in [0.25, 0.3) is 0 Å². The molecule has 0 fully saturated rings. The third-order valence-corrected chi connectivity index (χ3v) is 4.51. The Hall–Kier alpha value is -2.00. The highest BCUT2D eigenvalue weighted by Crippen LogP contribution is 2.33. The Morgan fingerprint density at radius 3 is 2.45 bits per heavy atom. The molecule has 116 valence electrons. The van der Waals surface area contributed by atoms with Gasteiger partial charge in [0.15, 0.2) is 0 Å². The van der Waals surface area contributed by atoms with Gasteiger partial charge >= 0.3 is 0 Å². The van der Waals surface area contributed by atoms with Gasteiger partial charge < -0.3 is 14.4 Å². The van der Waals surface area contributed by atoms with E-state index in [1.807, 2.05) is 12.1 Å². The van der Waals surface area contributed by atoms with Crippen LogP contribution in [-0.4, -0.2) is 14.2 Å². The number of methoxy groups -OCH3 is 1. The molecule has 0 radical (unpaired) electrons. The Morgan fingerprint density at radius 2 is 1.77 bits per heavy atom. The quantitative estimate of drug-likeness (QED) is 0.852. The molecule has 3 rings (SSSR count). The highest BCUT2D eigenvalue weighted by Gasteiger charge is 2.20. The minimum absolute atomic E-state index is 0.742. The highest BCUT2D eigenvalue weighted by molar-refractivity contribution is 5.61. The van der Waals surface area contributed by atoms with Gasteiger partial charge in [0, 0.05) is 19.3 Å². The third-order valence-electron chi connectivity index (χ3n) is 4.51. The molecule has 0 aromatic heterocycles. The molecule has 1 heterocycles. The van der Waals surface area contributed by atoms with Crippen molar-refractivity contribution < 1.29 is 9.47 Å². The fourth-order valence-electron chi connectivity index (χ4n) is 3.16. The molecule has 0 atom stereocenters. The zero-order valence-corrected chi connectivity index (χ0v) is 13.8. The average molecular weight is 297 g/mol. The van der Waals surface area contributed by atoms with Crippen LogP contribution in [0.2, 0.25) is 0 Å². The summed E-state index contributed by atoms with van der Waals surface area (Å²) < 4.78 is 10.8. The van der Waals surface area contributed by atoms with Gasteiger partial charge in [-0.3, -0.25) is 0 Å². The molecule has 0 unspecified atom stereocenters. The van der Waals surface area contributed by atoms with Gasteiger partial charge in [0.2, 0.25) is 0 Å². The Bertz CT molecular complexity index is 677. The summed E-state index contributed by atoms with van der Waals surface area (Å²) in [4.78, 5) is 2.31. The predicted molar refractivity (Wildman–Crippen MR) is 89.5 cm³/mol. The normalized spacial score (nSPS) is 13.1.